The van der Waals surface area contributed by atoms with Crippen LogP contribution in [-0.4, -0.2) is 43.8 Å². The molecule has 2 atom stereocenters. The molecule has 0 aliphatic rings. The van der Waals surface area contributed by atoms with Gasteiger partial charge in [-0.05, 0) is 69.7 Å². The van der Waals surface area contributed by atoms with E-state index in [0.29, 0.717) is 11.4 Å². The topological polar surface area (TPSA) is 86.8 Å². The molecule has 1 N–H and O–H groups in total. The number of benzene rings is 3. The zero-order valence-electron chi connectivity index (χ0n) is 22.4. The van der Waals surface area contributed by atoms with Gasteiger partial charge in [0, 0.05) is 23.2 Å². The Labute approximate surface area is 234 Å². The number of hydrogen-bond donors (Lipinski definition) is 1. The van der Waals surface area contributed by atoms with Gasteiger partial charge in [0.1, 0.15) is 18.4 Å². The smallest absolute Gasteiger partial charge is 0.264 e. The van der Waals surface area contributed by atoms with Gasteiger partial charge in [0.05, 0.1) is 10.6 Å². The summed E-state index contributed by atoms with van der Waals surface area (Å²) in [6.45, 7) is 6.33. The summed E-state index contributed by atoms with van der Waals surface area (Å²) in [6.07, 6.45) is 0.681. The summed E-state index contributed by atoms with van der Waals surface area (Å²) in [6, 6.07) is 17.2. The molecule has 10 heteroatoms. The van der Waals surface area contributed by atoms with Crippen LogP contribution in [0.15, 0.2) is 77.7 Å². The molecule has 0 aliphatic carbocycles. The molecule has 3 rings (SSSR count). The molecule has 0 aromatic heterocycles. The van der Waals surface area contributed by atoms with Crippen molar-refractivity contribution >= 4 is 39.1 Å². The number of aryl methyl sites for hydroxylation is 1. The van der Waals surface area contributed by atoms with Gasteiger partial charge in [-0.15, -0.1) is 0 Å². The first kappa shape index (κ1) is 30.1. The molecule has 7 nitrogen and oxygen atoms in total. The first-order valence-corrected chi connectivity index (χ1v) is 14.4. The van der Waals surface area contributed by atoms with Gasteiger partial charge < -0.3 is 10.2 Å². The number of carbonyl (C=O) groups is 2. The first-order chi connectivity index (χ1) is 18.4. The second-order valence-electron chi connectivity index (χ2n) is 9.41. The van der Waals surface area contributed by atoms with Crippen LogP contribution in [0.3, 0.4) is 0 Å². The maximum absolute atomic E-state index is 14.6. The molecule has 0 saturated carbocycles. The van der Waals surface area contributed by atoms with Crippen molar-refractivity contribution in [2.45, 2.75) is 57.6 Å². The SMILES string of the molecule is CC[C@@H](C)NC(=O)[C@H](C)N(Cc1ccccc1F)C(=O)CN(c1ccc(C)cc1)S(=O)(=O)c1ccc(Cl)cc1. The highest BCUT2D eigenvalue weighted by atomic mass is 35.5. The Hall–Kier alpha value is -3.43. The number of anilines is 1. The van der Waals surface area contributed by atoms with Crippen LogP contribution < -0.4 is 9.62 Å². The number of rotatable bonds is 11. The van der Waals surface area contributed by atoms with Crippen molar-refractivity contribution in [2.24, 2.45) is 0 Å². The third-order valence-electron chi connectivity index (χ3n) is 6.47. The van der Waals surface area contributed by atoms with E-state index in [9.17, 15) is 22.4 Å². The molecule has 39 heavy (non-hydrogen) atoms. The molecule has 208 valence electrons. The van der Waals surface area contributed by atoms with Gasteiger partial charge in [-0.2, -0.15) is 0 Å². The standard InChI is InChI=1S/C29H33ClFN3O4S/c1-5-21(3)32-29(36)22(4)33(18-23-8-6-7-9-27(23)31)28(35)19-34(25-14-10-20(2)11-15-25)39(37,38)26-16-12-24(30)13-17-26/h6-17,21-22H,5,18-19H2,1-4H3,(H,32,36)/t21-,22+/m1/s1. The van der Waals surface area contributed by atoms with Crippen molar-refractivity contribution in [1.82, 2.24) is 10.2 Å². The number of hydrogen-bond acceptors (Lipinski definition) is 4. The highest BCUT2D eigenvalue weighted by Gasteiger charge is 2.33. The molecule has 0 heterocycles. The van der Waals surface area contributed by atoms with Gasteiger partial charge in [0.25, 0.3) is 10.0 Å². The molecule has 2 amide bonds. The van der Waals surface area contributed by atoms with E-state index in [0.717, 1.165) is 9.87 Å². The van der Waals surface area contributed by atoms with E-state index in [1.54, 1.807) is 37.3 Å². The zero-order chi connectivity index (χ0) is 28.7. The molecule has 0 saturated heterocycles. The number of nitrogens with zero attached hydrogens (tertiary/aromatic N) is 2. The van der Waals surface area contributed by atoms with Gasteiger partial charge in [-0.25, -0.2) is 12.8 Å². The van der Waals surface area contributed by atoms with Crippen molar-refractivity contribution in [3.8, 4) is 0 Å². The van der Waals surface area contributed by atoms with E-state index in [1.807, 2.05) is 20.8 Å². The first-order valence-electron chi connectivity index (χ1n) is 12.6. The predicted molar refractivity (Wildman–Crippen MR) is 151 cm³/mol. The molecule has 0 bridgehead atoms. The highest BCUT2D eigenvalue weighted by Crippen LogP contribution is 2.26. The minimum atomic E-state index is -4.21. The van der Waals surface area contributed by atoms with Crippen LogP contribution in [0.2, 0.25) is 5.02 Å². The number of carbonyl (C=O) groups excluding carboxylic acids is 2. The number of sulfonamides is 1. The molecule has 3 aromatic rings. The zero-order valence-corrected chi connectivity index (χ0v) is 24.0. The number of nitrogens with one attached hydrogen (secondary N) is 1. The van der Waals surface area contributed by atoms with Crippen molar-refractivity contribution in [3.63, 3.8) is 0 Å². The van der Waals surface area contributed by atoms with Gasteiger partial charge in [0.2, 0.25) is 11.8 Å². The summed E-state index contributed by atoms with van der Waals surface area (Å²) in [5.74, 6) is -1.62. The molecule has 0 fully saturated rings. The van der Waals surface area contributed by atoms with Gasteiger partial charge in [-0.3, -0.25) is 13.9 Å². The largest absolute Gasteiger partial charge is 0.352 e. The van der Waals surface area contributed by atoms with Crippen LogP contribution in [0.1, 0.15) is 38.3 Å². The van der Waals surface area contributed by atoms with Crippen LogP contribution >= 0.6 is 11.6 Å². The Balaban J connectivity index is 2.03. The van der Waals surface area contributed by atoms with Gasteiger partial charge in [-0.1, -0.05) is 54.4 Å². The van der Waals surface area contributed by atoms with Gasteiger partial charge in [0.15, 0.2) is 0 Å². The third kappa shape index (κ3) is 7.58. The summed E-state index contributed by atoms with van der Waals surface area (Å²) in [7, 11) is -4.21. The fourth-order valence-corrected chi connectivity index (χ4v) is 5.37. The molecule has 0 radical (unpaired) electrons. The molecule has 0 unspecified atom stereocenters. The monoisotopic (exact) mass is 573 g/mol. The van der Waals surface area contributed by atoms with Crippen molar-refractivity contribution < 1.29 is 22.4 Å². The van der Waals surface area contributed by atoms with Gasteiger partial charge >= 0.3 is 0 Å². The van der Waals surface area contributed by atoms with Crippen LogP contribution in [0, 0.1) is 12.7 Å². The quantitative estimate of drug-likeness (QED) is 0.337. The second kappa shape index (κ2) is 13.1. The summed E-state index contributed by atoms with van der Waals surface area (Å²) < 4.78 is 43.1. The molecular formula is C29H33ClFN3O4S. The summed E-state index contributed by atoms with van der Waals surface area (Å²) in [5.41, 5.74) is 1.38. The van der Waals surface area contributed by atoms with Crippen LogP contribution in [0.5, 0.6) is 0 Å². The summed E-state index contributed by atoms with van der Waals surface area (Å²) >= 11 is 5.96. The third-order valence-corrected chi connectivity index (χ3v) is 8.51. The number of halogens is 2. The van der Waals surface area contributed by atoms with Crippen molar-refractivity contribution in [3.05, 3.63) is 94.8 Å². The summed E-state index contributed by atoms with van der Waals surface area (Å²) in [5, 5.41) is 3.21. The average molecular weight is 574 g/mol. The normalized spacial score (nSPS) is 12.9. The molecule has 3 aromatic carbocycles. The Bertz CT molecular complexity index is 1400. The maximum Gasteiger partial charge on any atom is 0.264 e. The minimum Gasteiger partial charge on any atom is -0.352 e. The fourth-order valence-electron chi connectivity index (χ4n) is 3.83. The Morgan fingerprint density at radius 2 is 1.59 bits per heavy atom. The lowest BCUT2D eigenvalue weighted by atomic mass is 10.1. The van der Waals surface area contributed by atoms with Crippen molar-refractivity contribution in [2.75, 3.05) is 10.8 Å². The molecular weight excluding hydrogens is 541 g/mol. The van der Waals surface area contributed by atoms with Crippen molar-refractivity contribution in [1.29, 1.82) is 0 Å². The number of amides is 2. The minimum absolute atomic E-state index is 0.0523. The Morgan fingerprint density at radius 3 is 2.18 bits per heavy atom. The van der Waals surface area contributed by atoms with Crippen LogP contribution in [-0.2, 0) is 26.2 Å². The second-order valence-corrected chi connectivity index (χ2v) is 11.7. The van der Waals surface area contributed by atoms with Crippen LogP contribution in [0.4, 0.5) is 10.1 Å². The highest BCUT2D eigenvalue weighted by molar-refractivity contribution is 7.92. The van der Waals surface area contributed by atoms with E-state index in [4.69, 9.17) is 11.6 Å². The van der Waals surface area contributed by atoms with E-state index >= 15 is 0 Å². The maximum atomic E-state index is 14.6. The summed E-state index contributed by atoms with van der Waals surface area (Å²) in [4.78, 5) is 28.0. The lowest BCUT2D eigenvalue weighted by Gasteiger charge is -2.32. The van der Waals surface area contributed by atoms with E-state index in [2.05, 4.69) is 5.32 Å². The lowest BCUT2D eigenvalue weighted by Crippen LogP contribution is -2.52. The van der Waals surface area contributed by atoms with E-state index in [-0.39, 0.29) is 28.7 Å². The molecule has 0 spiro atoms. The van der Waals surface area contributed by atoms with E-state index in [1.165, 1.54) is 47.4 Å². The average Bonchev–Trinajstić information content (AvgIpc) is 2.91. The van der Waals surface area contributed by atoms with Crippen LogP contribution in [0.25, 0.3) is 0 Å². The predicted octanol–water partition coefficient (Wildman–Crippen LogP) is 5.31. The van der Waals surface area contributed by atoms with E-state index < -0.39 is 40.2 Å². The lowest BCUT2D eigenvalue weighted by molar-refractivity contribution is -0.139. The Morgan fingerprint density at radius 1 is 0.974 bits per heavy atom. The Kier molecular flexibility index (Phi) is 10.1. The fraction of sp³-hybridized carbons (Fsp3) is 0.310. The molecule has 0 aliphatic heterocycles.